The van der Waals surface area contributed by atoms with Crippen LogP contribution in [-0.4, -0.2) is 43.3 Å². The Bertz CT molecular complexity index is 320. The van der Waals surface area contributed by atoms with Crippen molar-refractivity contribution in [3.8, 4) is 0 Å². The fraction of sp³-hybridized carbons (Fsp3) is 0.625. The Balaban J connectivity index is 2.71. The molecule has 1 heterocycles. The molecular formula is C8H13NO3S. The van der Waals surface area contributed by atoms with E-state index >= 15 is 0 Å². The summed E-state index contributed by atoms with van der Waals surface area (Å²) < 4.78 is 22.5. The predicted molar refractivity (Wildman–Crippen MR) is 50.0 cm³/mol. The summed E-state index contributed by atoms with van der Waals surface area (Å²) in [5.41, 5.74) is 0. The molecule has 4 nitrogen and oxygen atoms in total. The van der Waals surface area contributed by atoms with Crippen LogP contribution in [0.4, 0.5) is 0 Å². The molecule has 0 N–H and O–H groups in total. The first-order valence-electron chi connectivity index (χ1n) is 4.10. The zero-order valence-electron chi connectivity index (χ0n) is 7.56. The third-order valence-corrected chi connectivity index (χ3v) is 4.35. The van der Waals surface area contributed by atoms with Crippen LogP contribution in [-0.2, 0) is 14.6 Å². The van der Waals surface area contributed by atoms with E-state index in [1.54, 1.807) is 6.92 Å². The van der Waals surface area contributed by atoms with Gasteiger partial charge in [-0.1, -0.05) is 6.58 Å². The Hall–Kier alpha value is -0.840. The van der Waals surface area contributed by atoms with E-state index in [-0.39, 0.29) is 24.7 Å². The van der Waals surface area contributed by atoms with E-state index in [1.165, 1.54) is 11.0 Å². The fourth-order valence-electron chi connectivity index (χ4n) is 1.28. The molecular weight excluding hydrogens is 190 g/mol. The molecule has 74 valence electrons. The molecule has 1 unspecified atom stereocenters. The average molecular weight is 203 g/mol. The third-order valence-electron chi connectivity index (χ3n) is 2.22. The highest BCUT2D eigenvalue weighted by Gasteiger charge is 2.30. The van der Waals surface area contributed by atoms with E-state index < -0.39 is 15.1 Å². The highest BCUT2D eigenvalue weighted by molar-refractivity contribution is 7.92. The molecule has 1 fully saturated rings. The largest absolute Gasteiger partial charge is 0.337 e. The van der Waals surface area contributed by atoms with Crippen LogP contribution in [0.2, 0.25) is 0 Å². The van der Waals surface area contributed by atoms with Gasteiger partial charge in [-0.25, -0.2) is 8.42 Å². The lowest BCUT2D eigenvalue weighted by Gasteiger charge is -2.29. The predicted octanol–water partition coefficient (Wildman–Crippen LogP) is -0.182. The van der Waals surface area contributed by atoms with E-state index in [9.17, 15) is 13.2 Å². The average Bonchev–Trinajstić information content (AvgIpc) is 2.08. The molecule has 0 radical (unpaired) electrons. The van der Waals surface area contributed by atoms with Crippen molar-refractivity contribution >= 4 is 15.7 Å². The van der Waals surface area contributed by atoms with Gasteiger partial charge in [0, 0.05) is 13.1 Å². The van der Waals surface area contributed by atoms with Gasteiger partial charge >= 0.3 is 0 Å². The van der Waals surface area contributed by atoms with E-state index in [4.69, 9.17) is 0 Å². The van der Waals surface area contributed by atoms with Gasteiger partial charge in [0.05, 0.1) is 11.0 Å². The van der Waals surface area contributed by atoms with Gasteiger partial charge in [-0.2, -0.15) is 0 Å². The molecule has 0 aromatic heterocycles. The summed E-state index contributed by atoms with van der Waals surface area (Å²) in [4.78, 5) is 12.6. The maximum absolute atomic E-state index is 11.3. The Morgan fingerprint density at radius 1 is 1.62 bits per heavy atom. The lowest BCUT2D eigenvalue weighted by Crippen LogP contribution is -2.47. The molecule has 1 atom stereocenters. The number of hydrogen-bond donors (Lipinski definition) is 0. The first kappa shape index (κ1) is 10.2. The van der Waals surface area contributed by atoms with Crippen molar-refractivity contribution < 1.29 is 13.2 Å². The Morgan fingerprint density at radius 2 is 2.23 bits per heavy atom. The summed E-state index contributed by atoms with van der Waals surface area (Å²) in [6, 6.07) is 0. The Morgan fingerprint density at radius 3 is 2.69 bits per heavy atom. The van der Waals surface area contributed by atoms with E-state index in [1.807, 2.05) is 0 Å². The second-order valence-electron chi connectivity index (χ2n) is 3.17. The second-order valence-corrected chi connectivity index (χ2v) is 5.70. The minimum Gasteiger partial charge on any atom is -0.337 e. The zero-order valence-corrected chi connectivity index (χ0v) is 8.38. The molecule has 1 saturated heterocycles. The van der Waals surface area contributed by atoms with Crippen molar-refractivity contribution in [1.29, 1.82) is 0 Å². The molecule has 0 spiro atoms. The van der Waals surface area contributed by atoms with Crippen molar-refractivity contribution in [2.24, 2.45) is 0 Å². The topological polar surface area (TPSA) is 54.5 Å². The van der Waals surface area contributed by atoms with Gasteiger partial charge in [0.15, 0.2) is 9.84 Å². The molecule has 5 heteroatoms. The number of rotatable bonds is 1. The van der Waals surface area contributed by atoms with Crippen LogP contribution in [0.25, 0.3) is 0 Å². The summed E-state index contributed by atoms with van der Waals surface area (Å²) in [6.45, 7) is 5.55. The number of sulfone groups is 1. The summed E-state index contributed by atoms with van der Waals surface area (Å²) >= 11 is 0. The summed E-state index contributed by atoms with van der Waals surface area (Å²) in [5.74, 6) is -0.130. The van der Waals surface area contributed by atoms with Crippen LogP contribution in [0.15, 0.2) is 12.7 Å². The van der Waals surface area contributed by atoms with Crippen LogP contribution in [0.1, 0.15) is 6.92 Å². The maximum atomic E-state index is 11.3. The molecule has 13 heavy (non-hydrogen) atoms. The van der Waals surface area contributed by atoms with Crippen LogP contribution >= 0.6 is 0 Å². The highest BCUT2D eigenvalue weighted by atomic mass is 32.2. The fourth-order valence-corrected chi connectivity index (χ4v) is 2.57. The van der Waals surface area contributed by atoms with Gasteiger partial charge in [-0.3, -0.25) is 4.79 Å². The van der Waals surface area contributed by atoms with Crippen molar-refractivity contribution in [2.75, 3.05) is 18.8 Å². The second kappa shape index (κ2) is 3.49. The molecule has 1 amide bonds. The maximum Gasteiger partial charge on any atom is 0.246 e. The van der Waals surface area contributed by atoms with Crippen molar-refractivity contribution in [3.63, 3.8) is 0 Å². The van der Waals surface area contributed by atoms with Gasteiger partial charge in [-0.05, 0) is 13.0 Å². The monoisotopic (exact) mass is 203 g/mol. The Labute approximate surface area is 78.1 Å². The molecule has 1 aliphatic rings. The quantitative estimate of drug-likeness (QED) is 0.555. The smallest absolute Gasteiger partial charge is 0.246 e. The molecule has 0 bridgehead atoms. The van der Waals surface area contributed by atoms with Gasteiger partial charge < -0.3 is 4.90 Å². The Kier molecular flexibility index (Phi) is 2.75. The van der Waals surface area contributed by atoms with E-state index in [2.05, 4.69) is 6.58 Å². The summed E-state index contributed by atoms with van der Waals surface area (Å²) in [5, 5.41) is -0.454. The lowest BCUT2D eigenvalue weighted by atomic mass is 10.3. The number of nitrogens with zero attached hydrogens (tertiary/aromatic N) is 1. The third kappa shape index (κ3) is 2.09. The normalized spacial score (nSPS) is 26.8. The number of amides is 1. The molecule has 1 rings (SSSR count). The molecule has 0 aromatic rings. The zero-order chi connectivity index (χ0) is 10.1. The van der Waals surface area contributed by atoms with Gasteiger partial charge in [0.2, 0.25) is 5.91 Å². The molecule has 1 aliphatic heterocycles. The SMILES string of the molecule is C=CC(=O)N1CCS(=O)(=O)C(C)C1. The van der Waals surface area contributed by atoms with Crippen molar-refractivity contribution in [2.45, 2.75) is 12.2 Å². The summed E-state index contributed by atoms with van der Waals surface area (Å²) in [7, 11) is -2.96. The minimum atomic E-state index is -2.96. The van der Waals surface area contributed by atoms with E-state index in [0.717, 1.165) is 0 Å². The van der Waals surface area contributed by atoms with Crippen LogP contribution in [0, 0.1) is 0 Å². The van der Waals surface area contributed by atoms with Crippen molar-refractivity contribution in [3.05, 3.63) is 12.7 Å². The lowest BCUT2D eigenvalue weighted by molar-refractivity contribution is -0.125. The first-order chi connectivity index (χ1) is 5.97. The van der Waals surface area contributed by atoms with Gasteiger partial charge in [0.1, 0.15) is 0 Å². The molecule has 0 aliphatic carbocycles. The molecule has 0 saturated carbocycles. The van der Waals surface area contributed by atoms with Crippen molar-refractivity contribution in [1.82, 2.24) is 4.90 Å². The van der Waals surface area contributed by atoms with Gasteiger partial charge in [0.25, 0.3) is 0 Å². The first-order valence-corrected chi connectivity index (χ1v) is 5.82. The van der Waals surface area contributed by atoms with Crippen LogP contribution < -0.4 is 0 Å². The highest BCUT2D eigenvalue weighted by Crippen LogP contribution is 2.11. The van der Waals surface area contributed by atoms with Crippen LogP contribution in [0.5, 0.6) is 0 Å². The number of carbonyl (C=O) groups excluding carboxylic acids is 1. The van der Waals surface area contributed by atoms with Crippen LogP contribution in [0.3, 0.4) is 0 Å². The van der Waals surface area contributed by atoms with E-state index in [0.29, 0.717) is 0 Å². The molecule has 0 aromatic carbocycles. The summed E-state index contributed by atoms with van der Waals surface area (Å²) in [6.07, 6.45) is 1.21. The number of carbonyl (C=O) groups is 1. The minimum absolute atomic E-state index is 0.0632. The van der Waals surface area contributed by atoms with Gasteiger partial charge in [-0.15, -0.1) is 0 Å². The standard InChI is InChI=1S/C8H13NO3S/c1-3-8(10)9-4-5-13(11,12)7(2)6-9/h3,7H,1,4-6H2,2H3. The number of hydrogen-bond acceptors (Lipinski definition) is 3.